The van der Waals surface area contributed by atoms with Crippen molar-refractivity contribution in [1.82, 2.24) is 0 Å². The molecular weight excluding hydrogens is 362 g/mol. The summed E-state index contributed by atoms with van der Waals surface area (Å²) in [6, 6.07) is 10.0. The van der Waals surface area contributed by atoms with E-state index in [1.165, 1.54) is 32.4 Å². The number of aryl methyl sites for hydroxylation is 2. The van der Waals surface area contributed by atoms with Gasteiger partial charge in [-0.2, -0.15) is 0 Å². The number of amides is 1. The molecular formula is C21H23NO6. The molecule has 0 aliphatic rings. The number of hydrogen-bond acceptors (Lipinski definition) is 6. The predicted molar refractivity (Wildman–Crippen MR) is 104 cm³/mol. The summed E-state index contributed by atoms with van der Waals surface area (Å²) in [5.74, 6) is -0.847. The molecule has 0 bridgehead atoms. The monoisotopic (exact) mass is 385 g/mol. The number of anilines is 1. The maximum absolute atomic E-state index is 12.2. The second-order valence-electron chi connectivity index (χ2n) is 6.20. The summed E-state index contributed by atoms with van der Waals surface area (Å²) in [4.78, 5) is 35.8. The van der Waals surface area contributed by atoms with Crippen LogP contribution in [0.3, 0.4) is 0 Å². The van der Waals surface area contributed by atoms with E-state index in [4.69, 9.17) is 4.74 Å². The lowest BCUT2D eigenvalue weighted by Gasteiger charge is -2.11. The highest BCUT2D eigenvalue weighted by molar-refractivity contribution is 5.99. The van der Waals surface area contributed by atoms with Crippen LogP contribution in [0.15, 0.2) is 36.4 Å². The minimum absolute atomic E-state index is 0.101. The van der Waals surface area contributed by atoms with E-state index in [2.05, 4.69) is 14.8 Å². The van der Waals surface area contributed by atoms with Gasteiger partial charge in [0.1, 0.15) is 5.75 Å². The Morgan fingerprint density at radius 2 is 1.50 bits per heavy atom. The first-order chi connectivity index (χ1) is 13.3. The van der Waals surface area contributed by atoms with Crippen molar-refractivity contribution in [3.63, 3.8) is 0 Å². The molecule has 2 rings (SSSR count). The number of carbonyl (C=O) groups excluding carboxylic acids is 3. The van der Waals surface area contributed by atoms with Gasteiger partial charge in [-0.25, -0.2) is 9.59 Å². The molecule has 1 N–H and O–H groups in total. The maximum Gasteiger partial charge on any atom is 0.337 e. The number of nitrogens with one attached hydrogen (secondary N) is 1. The Hall–Kier alpha value is -3.35. The molecule has 0 saturated heterocycles. The van der Waals surface area contributed by atoms with Crippen molar-refractivity contribution in [2.24, 2.45) is 0 Å². The van der Waals surface area contributed by atoms with E-state index in [-0.39, 0.29) is 30.1 Å². The summed E-state index contributed by atoms with van der Waals surface area (Å²) in [7, 11) is 2.46. The van der Waals surface area contributed by atoms with Crippen LogP contribution >= 0.6 is 0 Å². The third kappa shape index (κ3) is 5.57. The molecule has 0 unspecified atom stereocenters. The Morgan fingerprint density at radius 3 is 2.04 bits per heavy atom. The van der Waals surface area contributed by atoms with Crippen LogP contribution in [0.1, 0.15) is 38.3 Å². The number of methoxy groups -OCH3 is 2. The summed E-state index contributed by atoms with van der Waals surface area (Å²) < 4.78 is 15.0. The van der Waals surface area contributed by atoms with Crippen molar-refractivity contribution < 1.29 is 28.6 Å². The van der Waals surface area contributed by atoms with Crippen molar-refractivity contribution in [2.75, 3.05) is 26.1 Å². The molecule has 7 heteroatoms. The average molecular weight is 385 g/mol. The van der Waals surface area contributed by atoms with Crippen molar-refractivity contribution >= 4 is 23.5 Å². The number of ether oxygens (including phenoxy) is 3. The van der Waals surface area contributed by atoms with E-state index in [0.717, 1.165) is 16.9 Å². The Bertz CT molecular complexity index is 856. The lowest BCUT2D eigenvalue weighted by atomic mass is 10.1. The van der Waals surface area contributed by atoms with Gasteiger partial charge in [-0.1, -0.05) is 17.7 Å². The molecule has 0 atom stereocenters. The number of rotatable bonds is 7. The zero-order chi connectivity index (χ0) is 20.7. The molecule has 0 radical (unpaired) electrons. The Morgan fingerprint density at radius 1 is 0.893 bits per heavy atom. The third-order valence-corrected chi connectivity index (χ3v) is 3.98. The van der Waals surface area contributed by atoms with Gasteiger partial charge in [0.2, 0.25) is 5.91 Å². The molecule has 0 aliphatic heterocycles. The van der Waals surface area contributed by atoms with Gasteiger partial charge in [0.05, 0.1) is 38.4 Å². The van der Waals surface area contributed by atoms with Crippen LogP contribution in [0.2, 0.25) is 0 Å². The van der Waals surface area contributed by atoms with E-state index >= 15 is 0 Å². The third-order valence-electron chi connectivity index (χ3n) is 3.98. The highest BCUT2D eigenvalue weighted by Gasteiger charge is 2.15. The van der Waals surface area contributed by atoms with Crippen LogP contribution in [0.4, 0.5) is 5.69 Å². The van der Waals surface area contributed by atoms with Gasteiger partial charge in [0.25, 0.3) is 0 Å². The highest BCUT2D eigenvalue weighted by atomic mass is 16.5. The van der Waals surface area contributed by atoms with E-state index in [1.54, 1.807) is 0 Å². The summed E-state index contributed by atoms with van der Waals surface area (Å²) in [6.45, 7) is 4.13. The molecule has 28 heavy (non-hydrogen) atoms. The lowest BCUT2D eigenvalue weighted by molar-refractivity contribution is -0.116. The Kier molecular flexibility index (Phi) is 7.14. The van der Waals surface area contributed by atoms with Crippen LogP contribution in [-0.2, 0) is 14.3 Å². The van der Waals surface area contributed by atoms with Crippen molar-refractivity contribution in [1.29, 1.82) is 0 Å². The van der Waals surface area contributed by atoms with Gasteiger partial charge in [-0.15, -0.1) is 0 Å². The van der Waals surface area contributed by atoms with Crippen molar-refractivity contribution in [2.45, 2.75) is 20.3 Å². The van der Waals surface area contributed by atoms with Gasteiger partial charge in [0.15, 0.2) is 0 Å². The maximum atomic E-state index is 12.2. The minimum atomic E-state index is -0.626. The fourth-order valence-corrected chi connectivity index (χ4v) is 2.61. The SMILES string of the molecule is COC(=O)c1cc(NC(=O)CCOc2ccc(C)cc2C)cc(C(=O)OC)c1. The number of esters is 2. The zero-order valence-corrected chi connectivity index (χ0v) is 16.3. The molecule has 0 saturated carbocycles. The van der Waals surface area contributed by atoms with Crippen molar-refractivity contribution in [3.8, 4) is 5.75 Å². The molecule has 148 valence electrons. The van der Waals surface area contributed by atoms with Crippen LogP contribution in [-0.4, -0.2) is 38.7 Å². The molecule has 0 heterocycles. The standard InChI is InChI=1S/C21H23NO6/c1-13-5-6-18(14(2)9-13)28-8-7-19(23)22-17-11-15(20(24)26-3)10-16(12-17)21(25)27-4/h5-6,9-12H,7-8H2,1-4H3,(H,22,23). The second kappa shape index (κ2) is 9.55. The number of carbonyl (C=O) groups is 3. The quantitative estimate of drug-likeness (QED) is 0.736. The van der Waals surface area contributed by atoms with Gasteiger partial charge < -0.3 is 19.5 Å². The van der Waals surface area contributed by atoms with E-state index in [9.17, 15) is 14.4 Å². The first-order valence-electron chi connectivity index (χ1n) is 8.65. The molecule has 0 spiro atoms. The average Bonchev–Trinajstić information content (AvgIpc) is 2.68. The summed E-state index contributed by atoms with van der Waals surface area (Å²) in [6.07, 6.45) is 0.101. The number of hydrogen-bond donors (Lipinski definition) is 1. The largest absolute Gasteiger partial charge is 0.493 e. The minimum Gasteiger partial charge on any atom is -0.493 e. The first-order valence-corrected chi connectivity index (χ1v) is 8.65. The summed E-state index contributed by atoms with van der Waals surface area (Å²) in [5, 5.41) is 2.66. The van der Waals surface area contributed by atoms with Crippen LogP contribution < -0.4 is 10.1 Å². The Labute approximate surface area is 163 Å². The highest BCUT2D eigenvalue weighted by Crippen LogP contribution is 2.20. The topological polar surface area (TPSA) is 90.9 Å². The van der Waals surface area contributed by atoms with E-state index < -0.39 is 11.9 Å². The van der Waals surface area contributed by atoms with Crippen LogP contribution in [0, 0.1) is 13.8 Å². The summed E-state index contributed by atoms with van der Waals surface area (Å²) in [5.41, 5.74) is 2.68. The number of benzene rings is 2. The first kappa shape index (κ1) is 21.0. The normalized spacial score (nSPS) is 10.1. The molecule has 1 amide bonds. The molecule has 2 aromatic carbocycles. The lowest BCUT2D eigenvalue weighted by Crippen LogP contribution is -2.16. The van der Waals surface area contributed by atoms with Gasteiger partial charge in [0, 0.05) is 5.69 Å². The van der Waals surface area contributed by atoms with E-state index in [0.29, 0.717) is 5.69 Å². The molecule has 0 aliphatic carbocycles. The molecule has 2 aromatic rings. The predicted octanol–water partition coefficient (Wildman–Crippen LogP) is 3.28. The fraction of sp³-hybridized carbons (Fsp3) is 0.286. The van der Waals surface area contributed by atoms with Crippen molar-refractivity contribution in [3.05, 3.63) is 58.7 Å². The smallest absolute Gasteiger partial charge is 0.337 e. The van der Waals surface area contributed by atoms with Gasteiger partial charge in [-0.3, -0.25) is 4.79 Å². The Balaban J connectivity index is 2.03. The molecule has 0 fully saturated rings. The van der Waals surface area contributed by atoms with Crippen LogP contribution in [0.5, 0.6) is 5.75 Å². The second-order valence-corrected chi connectivity index (χ2v) is 6.20. The zero-order valence-electron chi connectivity index (χ0n) is 16.3. The van der Waals surface area contributed by atoms with Gasteiger partial charge in [-0.05, 0) is 43.7 Å². The molecule has 7 nitrogen and oxygen atoms in total. The van der Waals surface area contributed by atoms with Gasteiger partial charge >= 0.3 is 11.9 Å². The molecule has 0 aromatic heterocycles. The van der Waals surface area contributed by atoms with E-state index in [1.807, 2.05) is 32.0 Å². The fourth-order valence-electron chi connectivity index (χ4n) is 2.61. The van der Waals surface area contributed by atoms with Crippen LogP contribution in [0.25, 0.3) is 0 Å². The summed E-state index contributed by atoms with van der Waals surface area (Å²) >= 11 is 0.